The Hall–Kier alpha value is -0.260. The second-order valence-electron chi connectivity index (χ2n) is 3.06. The third-order valence-corrected chi connectivity index (χ3v) is 1.48. The Balaban J connectivity index is 3.26. The van der Waals surface area contributed by atoms with Crippen LogP contribution in [0.5, 0.6) is 0 Å². The van der Waals surface area contributed by atoms with Crippen LogP contribution in [0.15, 0.2) is 12.2 Å². The Labute approximate surface area is 59.0 Å². The predicted molar refractivity (Wildman–Crippen MR) is 43.5 cm³/mol. The van der Waals surface area contributed by atoms with Crippen LogP contribution in [-0.2, 0) is 0 Å². The normalized spacial score (nSPS) is 13.2. The molecule has 9 heavy (non-hydrogen) atoms. The van der Waals surface area contributed by atoms with E-state index in [2.05, 4.69) is 27.4 Å². The molecule has 54 valence electrons. The fourth-order valence-corrected chi connectivity index (χ4v) is 1.19. The maximum atomic E-state index is 3.88. The van der Waals surface area contributed by atoms with E-state index in [4.69, 9.17) is 0 Å². The van der Waals surface area contributed by atoms with Crippen molar-refractivity contribution in [3.05, 3.63) is 12.2 Å². The van der Waals surface area contributed by atoms with Crippen molar-refractivity contribution in [2.24, 2.45) is 5.92 Å². The summed E-state index contributed by atoms with van der Waals surface area (Å²) in [6.07, 6.45) is 3.84. The second-order valence-corrected chi connectivity index (χ2v) is 3.06. The summed E-state index contributed by atoms with van der Waals surface area (Å²) in [6, 6.07) is 0. The Bertz CT molecular complexity index is 82.0. The maximum absolute atomic E-state index is 3.88. The summed E-state index contributed by atoms with van der Waals surface area (Å²) in [6.45, 7) is 10.5. The molecule has 1 atom stereocenters. The zero-order valence-corrected chi connectivity index (χ0v) is 6.91. The van der Waals surface area contributed by atoms with Gasteiger partial charge in [0.05, 0.1) is 0 Å². The summed E-state index contributed by atoms with van der Waals surface area (Å²) >= 11 is 0. The van der Waals surface area contributed by atoms with E-state index in [0.29, 0.717) is 0 Å². The molecule has 0 heteroatoms. The van der Waals surface area contributed by atoms with Gasteiger partial charge < -0.3 is 0 Å². The van der Waals surface area contributed by atoms with Gasteiger partial charge in [-0.3, -0.25) is 0 Å². The van der Waals surface area contributed by atoms with Crippen molar-refractivity contribution in [3.63, 3.8) is 0 Å². The standard InChI is InChI=1S/C9H18/c1-5-6-9(4)7-8(2)3/h9H,2,5-7H2,1,3-4H3/t9-/m1/s1. The summed E-state index contributed by atoms with van der Waals surface area (Å²) in [5.74, 6) is 0.840. The molecule has 0 aromatic rings. The first-order valence-corrected chi connectivity index (χ1v) is 3.81. The zero-order valence-electron chi connectivity index (χ0n) is 6.91. The van der Waals surface area contributed by atoms with Crippen LogP contribution >= 0.6 is 0 Å². The van der Waals surface area contributed by atoms with E-state index < -0.39 is 0 Å². The molecule has 0 fully saturated rings. The zero-order chi connectivity index (χ0) is 7.28. The maximum Gasteiger partial charge on any atom is -0.0300 e. The van der Waals surface area contributed by atoms with Gasteiger partial charge in [0.25, 0.3) is 0 Å². The van der Waals surface area contributed by atoms with E-state index in [1.165, 1.54) is 24.8 Å². The Kier molecular flexibility index (Phi) is 4.47. The monoisotopic (exact) mass is 126 g/mol. The van der Waals surface area contributed by atoms with Crippen molar-refractivity contribution in [1.82, 2.24) is 0 Å². The van der Waals surface area contributed by atoms with Gasteiger partial charge in [0.15, 0.2) is 0 Å². The highest BCUT2D eigenvalue weighted by Crippen LogP contribution is 2.13. The Morgan fingerprint density at radius 1 is 1.56 bits per heavy atom. The third kappa shape index (κ3) is 5.61. The lowest BCUT2D eigenvalue weighted by Gasteiger charge is -2.07. The third-order valence-electron chi connectivity index (χ3n) is 1.48. The van der Waals surface area contributed by atoms with Gasteiger partial charge in [0.1, 0.15) is 0 Å². The molecular formula is C9H18. The smallest absolute Gasteiger partial charge is 0.0300 e. The van der Waals surface area contributed by atoms with Crippen molar-refractivity contribution in [1.29, 1.82) is 0 Å². The molecule has 0 aromatic heterocycles. The highest BCUT2D eigenvalue weighted by molar-refractivity contribution is 4.89. The fourth-order valence-electron chi connectivity index (χ4n) is 1.19. The highest BCUT2D eigenvalue weighted by Gasteiger charge is 1.98. The Morgan fingerprint density at radius 2 is 2.11 bits per heavy atom. The van der Waals surface area contributed by atoms with Crippen LogP contribution in [-0.4, -0.2) is 0 Å². The SMILES string of the molecule is C=C(C)C[C@H](C)CCC. The van der Waals surface area contributed by atoms with Crippen LogP contribution in [0.3, 0.4) is 0 Å². The highest BCUT2D eigenvalue weighted by atomic mass is 14.0. The summed E-state index contributed by atoms with van der Waals surface area (Å²) in [5, 5.41) is 0. The van der Waals surface area contributed by atoms with E-state index >= 15 is 0 Å². The molecule has 0 saturated heterocycles. The minimum atomic E-state index is 0.840. The van der Waals surface area contributed by atoms with E-state index in [-0.39, 0.29) is 0 Å². The van der Waals surface area contributed by atoms with E-state index in [0.717, 1.165) is 5.92 Å². The van der Waals surface area contributed by atoms with Crippen LogP contribution in [0.25, 0.3) is 0 Å². The second kappa shape index (κ2) is 4.60. The first-order valence-electron chi connectivity index (χ1n) is 3.81. The first-order chi connectivity index (χ1) is 4.16. The van der Waals surface area contributed by atoms with Gasteiger partial charge in [-0.15, -0.1) is 6.58 Å². The molecule has 0 bridgehead atoms. The lowest BCUT2D eigenvalue weighted by atomic mass is 9.99. The number of rotatable bonds is 4. The van der Waals surface area contributed by atoms with Crippen LogP contribution in [0.2, 0.25) is 0 Å². The van der Waals surface area contributed by atoms with E-state index in [1.54, 1.807) is 0 Å². The molecule has 0 aliphatic heterocycles. The number of allylic oxidation sites excluding steroid dienone is 1. The van der Waals surface area contributed by atoms with E-state index in [1.807, 2.05) is 0 Å². The molecule has 0 N–H and O–H groups in total. The molecule has 0 nitrogen and oxygen atoms in total. The summed E-state index contributed by atoms with van der Waals surface area (Å²) in [5.41, 5.74) is 1.32. The lowest BCUT2D eigenvalue weighted by Crippen LogP contribution is -1.93. The predicted octanol–water partition coefficient (Wildman–Crippen LogP) is 3.39. The first kappa shape index (κ1) is 8.74. The van der Waals surface area contributed by atoms with Crippen LogP contribution in [0.4, 0.5) is 0 Å². The molecule has 0 saturated carbocycles. The van der Waals surface area contributed by atoms with Crippen molar-refractivity contribution in [2.45, 2.75) is 40.0 Å². The van der Waals surface area contributed by atoms with Gasteiger partial charge in [-0.2, -0.15) is 0 Å². The van der Waals surface area contributed by atoms with Crippen molar-refractivity contribution in [3.8, 4) is 0 Å². The van der Waals surface area contributed by atoms with Gasteiger partial charge >= 0.3 is 0 Å². The molecule has 0 spiro atoms. The minimum absolute atomic E-state index is 0.840. The van der Waals surface area contributed by atoms with Crippen molar-refractivity contribution in [2.75, 3.05) is 0 Å². The molecule has 0 aliphatic carbocycles. The van der Waals surface area contributed by atoms with Gasteiger partial charge in [0.2, 0.25) is 0 Å². The molecule has 0 amide bonds. The quantitative estimate of drug-likeness (QED) is 0.506. The van der Waals surface area contributed by atoms with Gasteiger partial charge in [-0.1, -0.05) is 32.3 Å². The molecule has 0 unspecified atom stereocenters. The average Bonchev–Trinajstić information content (AvgIpc) is 1.63. The Morgan fingerprint density at radius 3 is 2.44 bits per heavy atom. The largest absolute Gasteiger partial charge is 0.100 e. The van der Waals surface area contributed by atoms with Gasteiger partial charge in [-0.05, 0) is 19.3 Å². The summed E-state index contributed by atoms with van der Waals surface area (Å²) < 4.78 is 0. The molecule has 0 radical (unpaired) electrons. The molecule has 0 aromatic carbocycles. The lowest BCUT2D eigenvalue weighted by molar-refractivity contribution is 0.521. The van der Waals surface area contributed by atoms with Crippen LogP contribution < -0.4 is 0 Å². The minimum Gasteiger partial charge on any atom is -0.100 e. The average molecular weight is 126 g/mol. The van der Waals surface area contributed by atoms with Crippen molar-refractivity contribution >= 4 is 0 Å². The topological polar surface area (TPSA) is 0 Å². The van der Waals surface area contributed by atoms with Gasteiger partial charge in [-0.25, -0.2) is 0 Å². The summed E-state index contributed by atoms with van der Waals surface area (Å²) in [4.78, 5) is 0. The molecular weight excluding hydrogens is 108 g/mol. The fraction of sp³-hybridized carbons (Fsp3) is 0.778. The molecule has 0 rings (SSSR count). The molecule has 0 aliphatic rings. The van der Waals surface area contributed by atoms with Crippen molar-refractivity contribution < 1.29 is 0 Å². The van der Waals surface area contributed by atoms with Crippen LogP contribution in [0.1, 0.15) is 40.0 Å². The van der Waals surface area contributed by atoms with Crippen LogP contribution in [0, 0.1) is 5.92 Å². The summed E-state index contributed by atoms with van der Waals surface area (Å²) in [7, 11) is 0. The van der Waals surface area contributed by atoms with Gasteiger partial charge in [0, 0.05) is 0 Å². The number of hydrogen-bond acceptors (Lipinski definition) is 0. The molecule has 0 heterocycles. The van der Waals surface area contributed by atoms with E-state index in [9.17, 15) is 0 Å². The number of hydrogen-bond donors (Lipinski definition) is 0.